The van der Waals surface area contributed by atoms with Crippen LogP contribution in [0.15, 0.2) is 72.8 Å². The minimum Gasteiger partial charge on any atom is -0.493 e. The second kappa shape index (κ2) is 8.04. The Bertz CT molecular complexity index is 986. The summed E-state index contributed by atoms with van der Waals surface area (Å²) in [5, 5.41) is 2.85. The van der Waals surface area contributed by atoms with Gasteiger partial charge in [-0.3, -0.25) is 0 Å². The molecule has 0 amide bonds. The zero-order chi connectivity index (χ0) is 20.1. The number of para-hydroxylation sites is 3. The molecule has 0 radical (unpaired) electrons. The highest BCUT2D eigenvalue weighted by Crippen LogP contribution is 2.32. The van der Waals surface area contributed by atoms with Crippen LogP contribution < -0.4 is 14.8 Å². The van der Waals surface area contributed by atoms with Crippen LogP contribution in [-0.2, 0) is 6.18 Å². The van der Waals surface area contributed by atoms with Gasteiger partial charge in [-0.15, -0.1) is 0 Å². The van der Waals surface area contributed by atoms with Crippen LogP contribution in [0.5, 0.6) is 11.5 Å². The quantitative estimate of drug-likeness (QED) is 0.452. The summed E-state index contributed by atoms with van der Waals surface area (Å²) >= 11 is 0. The summed E-state index contributed by atoms with van der Waals surface area (Å²) in [6.45, 7) is 0. The molecule has 3 aromatic carbocycles. The minimum atomic E-state index is -4.46. The zero-order valence-electron chi connectivity index (χ0n) is 14.8. The highest BCUT2D eigenvalue weighted by molar-refractivity contribution is 5.98. The zero-order valence-corrected chi connectivity index (χ0v) is 14.8. The molecule has 0 bridgehead atoms. The van der Waals surface area contributed by atoms with Gasteiger partial charge in [0.1, 0.15) is 0 Å². The predicted octanol–water partition coefficient (Wildman–Crippen LogP) is 5.68. The largest absolute Gasteiger partial charge is 0.493 e. The summed E-state index contributed by atoms with van der Waals surface area (Å²) in [6, 6.07) is 17.8. The van der Waals surface area contributed by atoms with Crippen molar-refractivity contribution in [2.45, 2.75) is 6.18 Å². The molecule has 0 unspecified atom stereocenters. The van der Waals surface area contributed by atoms with E-state index >= 15 is 0 Å². The van der Waals surface area contributed by atoms with Crippen molar-refractivity contribution in [3.63, 3.8) is 0 Å². The van der Waals surface area contributed by atoms with Crippen molar-refractivity contribution in [1.29, 1.82) is 0 Å². The van der Waals surface area contributed by atoms with Gasteiger partial charge in [0.05, 0.1) is 23.9 Å². The lowest BCUT2D eigenvalue weighted by Gasteiger charge is -2.14. The summed E-state index contributed by atoms with van der Waals surface area (Å²) < 4.78 is 49.3. The van der Waals surface area contributed by atoms with Crippen molar-refractivity contribution in [1.82, 2.24) is 0 Å². The van der Waals surface area contributed by atoms with Crippen LogP contribution in [0.4, 0.5) is 24.5 Å². The second-order valence-electron chi connectivity index (χ2n) is 5.79. The highest BCUT2D eigenvalue weighted by atomic mass is 19.4. The highest BCUT2D eigenvalue weighted by Gasteiger charge is 2.30. The molecule has 0 aliphatic carbocycles. The van der Waals surface area contributed by atoms with E-state index in [-0.39, 0.29) is 17.0 Å². The first-order chi connectivity index (χ1) is 13.4. The fraction of sp³-hybridized carbons (Fsp3) is 0.0952. The van der Waals surface area contributed by atoms with Gasteiger partial charge in [-0.05, 0) is 42.5 Å². The smallest absolute Gasteiger partial charge is 0.416 e. The topological polar surface area (TPSA) is 47.6 Å². The first-order valence-electron chi connectivity index (χ1n) is 8.27. The van der Waals surface area contributed by atoms with Crippen molar-refractivity contribution in [3.05, 3.63) is 83.9 Å². The molecular weight excluding hydrogens is 371 g/mol. The Labute approximate surface area is 159 Å². The van der Waals surface area contributed by atoms with Gasteiger partial charge in [0.2, 0.25) is 0 Å². The van der Waals surface area contributed by atoms with Crippen molar-refractivity contribution < 1.29 is 27.4 Å². The first-order valence-corrected chi connectivity index (χ1v) is 8.27. The van der Waals surface area contributed by atoms with E-state index in [9.17, 15) is 18.0 Å². The van der Waals surface area contributed by atoms with Gasteiger partial charge in [0.15, 0.2) is 11.5 Å². The first kappa shape index (κ1) is 19.3. The maximum absolute atomic E-state index is 12.9. The minimum absolute atomic E-state index is 0.172. The maximum Gasteiger partial charge on any atom is 0.416 e. The van der Waals surface area contributed by atoms with Crippen LogP contribution in [0.3, 0.4) is 0 Å². The van der Waals surface area contributed by atoms with E-state index in [4.69, 9.17) is 9.47 Å². The number of hydrogen-bond acceptors (Lipinski definition) is 4. The number of nitrogens with one attached hydrogen (secondary N) is 1. The van der Waals surface area contributed by atoms with Gasteiger partial charge in [0.25, 0.3) is 0 Å². The second-order valence-corrected chi connectivity index (χ2v) is 5.79. The molecule has 3 aromatic rings. The van der Waals surface area contributed by atoms with Gasteiger partial charge in [-0.2, -0.15) is 13.2 Å². The van der Waals surface area contributed by atoms with Crippen molar-refractivity contribution >= 4 is 17.3 Å². The molecule has 0 spiro atoms. The molecule has 0 aliphatic heterocycles. The van der Waals surface area contributed by atoms with Crippen LogP contribution in [0.25, 0.3) is 0 Å². The molecule has 1 N–H and O–H groups in total. The number of benzene rings is 3. The molecular formula is C21H16F3NO3. The Balaban J connectivity index is 1.86. The fourth-order valence-electron chi connectivity index (χ4n) is 2.56. The number of rotatable bonds is 5. The Morgan fingerprint density at radius 3 is 2.29 bits per heavy atom. The van der Waals surface area contributed by atoms with E-state index in [1.807, 2.05) is 0 Å². The molecule has 7 heteroatoms. The van der Waals surface area contributed by atoms with Crippen LogP contribution >= 0.6 is 0 Å². The monoisotopic (exact) mass is 387 g/mol. The summed E-state index contributed by atoms with van der Waals surface area (Å²) in [4.78, 5) is 12.6. The molecule has 0 saturated carbocycles. The third-order valence-corrected chi connectivity index (χ3v) is 3.89. The average Bonchev–Trinajstić information content (AvgIpc) is 2.68. The number of anilines is 2. The number of esters is 1. The summed E-state index contributed by atoms with van der Waals surface area (Å²) in [5.41, 5.74) is -0.0912. The number of alkyl halides is 3. The SMILES string of the molecule is COc1ccccc1OC(=O)c1ccccc1Nc1cccc(C(F)(F)F)c1. The van der Waals surface area contributed by atoms with Gasteiger partial charge in [0, 0.05) is 5.69 Å². The van der Waals surface area contributed by atoms with Crippen LogP contribution in [0.1, 0.15) is 15.9 Å². The van der Waals surface area contributed by atoms with Crippen molar-refractivity contribution in [2.24, 2.45) is 0 Å². The molecule has 4 nitrogen and oxygen atoms in total. The molecule has 0 aromatic heterocycles. The molecule has 0 atom stereocenters. The number of ether oxygens (including phenoxy) is 2. The lowest BCUT2D eigenvalue weighted by Crippen LogP contribution is -2.12. The molecule has 3 rings (SSSR count). The molecule has 0 saturated heterocycles. The fourth-order valence-corrected chi connectivity index (χ4v) is 2.56. The third-order valence-electron chi connectivity index (χ3n) is 3.89. The van der Waals surface area contributed by atoms with E-state index in [1.54, 1.807) is 42.5 Å². The van der Waals surface area contributed by atoms with Crippen LogP contribution in [0, 0.1) is 0 Å². The number of carbonyl (C=O) groups is 1. The lowest BCUT2D eigenvalue weighted by molar-refractivity contribution is -0.137. The average molecular weight is 387 g/mol. The standard InChI is InChI=1S/C21H16F3NO3/c1-27-18-11-4-5-12-19(18)28-20(26)16-9-2-3-10-17(16)25-15-8-6-7-14(13-15)21(22,23)24/h2-13,25H,1H3. The number of methoxy groups -OCH3 is 1. The molecule has 0 heterocycles. The number of carbonyl (C=O) groups excluding carboxylic acids is 1. The van der Waals surface area contributed by atoms with Gasteiger partial charge < -0.3 is 14.8 Å². The lowest BCUT2D eigenvalue weighted by atomic mass is 10.1. The van der Waals surface area contributed by atoms with E-state index < -0.39 is 17.7 Å². The predicted molar refractivity (Wildman–Crippen MR) is 99.1 cm³/mol. The summed E-state index contributed by atoms with van der Waals surface area (Å²) in [7, 11) is 1.45. The Morgan fingerprint density at radius 2 is 1.57 bits per heavy atom. The van der Waals surface area contributed by atoms with Crippen molar-refractivity contribution in [2.75, 3.05) is 12.4 Å². The van der Waals surface area contributed by atoms with Crippen molar-refractivity contribution in [3.8, 4) is 11.5 Å². The van der Waals surface area contributed by atoms with Gasteiger partial charge >= 0.3 is 12.1 Å². The Hall–Kier alpha value is -3.48. The molecule has 0 fully saturated rings. The Kier molecular flexibility index (Phi) is 5.54. The summed E-state index contributed by atoms with van der Waals surface area (Å²) in [6.07, 6.45) is -4.46. The van der Waals surface area contributed by atoms with E-state index in [0.717, 1.165) is 12.1 Å². The van der Waals surface area contributed by atoms with Crippen LogP contribution in [-0.4, -0.2) is 13.1 Å². The third kappa shape index (κ3) is 4.43. The molecule has 144 valence electrons. The number of halogens is 3. The van der Waals surface area contributed by atoms with Gasteiger partial charge in [-0.25, -0.2) is 4.79 Å². The van der Waals surface area contributed by atoms with E-state index in [1.165, 1.54) is 25.3 Å². The molecule has 28 heavy (non-hydrogen) atoms. The normalized spacial score (nSPS) is 11.0. The van der Waals surface area contributed by atoms with E-state index in [0.29, 0.717) is 11.4 Å². The Morgan fingerprint density at radius 1 is 0.893 bits per heavy atom. The maximum atomic E-state index is 12.9. The summed E-state index contributed by atoms with van der Waals surface area (Å²) in [5.74, 6) is -0.0392. The number of hydrogen-bond donors (Lipinski definition) is 1. The van der Waals surface area contributed by atoms with Crippen LogP contribution in [0.2, 0.25) is 0 Å². The molecule has 0 aliphatic rings. The van der Waals surface area contributed by atoms with Gasteiger partial charge in [-0.1, -0.05) is 30.3 Å². The van der Waals surface area contributed by atoms with E-state index in [2.05, 4.69) is 5.32 Å².